The molecule has 1 aromatic carbocycles. The molecule has 23 heavy (non-hydrogen) atoms. The van der Waals surface area contributed by atoms with E-state index < -0.39 is 18.0 Å². The molecule has 0 bridgehead atoms. The van der Waals surface area contributed by atoms with Crippen LogP contribution in [0.3, 0.4) is 0 Å². The van der Waals surface area contributed by atoms with Crippen molar-refractivity contribution < 1.29 is 14.3 Å². The fourth-order valence-electron chi connectivity index (χ4n) is 1.71. The number of benzene rings is 1. The maximum atomic E-state index is 12.0. The number of aromatic nitrogens is 2. The molecule has 0 saturated carbocycles. The van der Waals surface area contributed by atoms with E-state index in [1.165, 1.54) is 19.3 Å². The number of halogens is 1. The van der Waals surface area contributed by atoms with Gasteiger partial charge in [-0.15, -0.1) is 0 Å². The second-order valence-corrected chi connectivity index (χ2v) is 5.12. The molecule has 0 aliphatic heterocycles. The number of carbonyl (C=O) groups excluding carboxylic acids is 2. The van der Waals surface area contributed by atoms with Crippen LogP contribution in [0, 0.1) is 0 Å². The van der Waals surface area contributed by atoms with E-state index in [0.29, 0.717) is 11.6 Å². The van der Waals surface area contributed by atoms with Gasteiger partial charge >= 0.3 is 5.97 Å². The van der Waals surface area contributed by atoms with Crippen LogP contribution in [0.1, 0.15) is 23.0 Å². The Bertz CT molecular complexity index is 706. The number of ether oxygens (including phenoxy) is 1. The summed E-state index contributed by atoms with van der Waals surface area (Å²) < 4.78 is 5.03. The fraction of sp³-hybridized carbons (Fsp3) is 0.200. The number of amides is 1. The van der Waals surface area contributed by atoms with Gasteiger partial charge in [-0.25, -0.2) is 14.8 Å². The lowest BCUT2D eigenvalue weighted by molar-refractivity contribution is -0.129. The van der Waals surface area contributed by atoms with Crippen molar-refractivity contribution in [1.29, 1.82) is 0 Å². The molecular weight excluding hydrogens is 320 g/mol. The monoisotopic (exact) mass is 334 g/mol. The molecule has 0 fully saturated rings. The van der Waals surface area contributed by atoms with Crippen LogP contribution in [-0.4, -0.2) is 27.9 Å². The summed E-state index contributed by atoms with van der Waals surface area (Å²) in [4.78, 5) is 31.4. The molecule has 2 rings (SSSR count). The maximum absolute atomic E-state index is 12.0. The number of carbonyl (C=O) groups is 2. The predicted octanol–water partition coefficient (Wildman–Crippen LogP) is 1.57. The zero-order valence-corrected chi connectivity index (χ0v) is 13.1. The lowest BCUT2D eigenvalue weighted by atomic mass is 10.2. The minimum atomic E-state index is -0.990. The second kappa shape index (κ2) is 7.55. The molecule has 2 aromatic rings. The standard InChI is InChI=1S/C15H15ClN4O3/c1-9(23-15(22)12-13(17)19-7-6-18-12)14(21)20-8-10-2-4-11(16)5-3-10/h2-7,9H,8H2,1H3,(H2,17,19)(H,20,21). The summed E-state index contributed by atoms with van der Waals surface area (Å²) in [6, 6.07) is 7.03. The van der Waals surface area contributed by atoms with Gasteiger partial charge in [0.2, 0.25) is 0 Å². The number of nitrogens with one attached hydrogen (secondary N) is 1. The Labute approximate surface area is 137 Å². The number of nitrogens with zero attached hydrogens (tertiary/aromatic N) is 2. The quantitative estimate of drug-likeness (QED) is 0.804. The molecule has 3 N–H and O–H groups in total. The van der Waals surface area contributed by atoms with Crippen LogP contribution >= 0.6 is 11.6 Å². The summed E-state index contributed by atoms with van der Waals surface area (Å²) >= 11 is 5.79. The first-order chi connectivity index (χ1) is 11.0. The van der Waals surface area contributed by atoms with Gasteiger partial charge in [0.25, 0.3) is 5.91 Å². The Morgan fingerprint density at radius 3 is 2.57 bits per heavy atom. The van der Waals surface area contributed by atoms with E-state index in [1.54, 1.807) is 24.3 Å². The first-order valence-corrected chi connectivity index (χ1v) is 7.15. The number of anilines is 1. The van der Waals surface area contributed by atoms with E-state index in [2.05, 4.69) is 15.3 Å². The summed E-state index contributed by atoms with van der Waals surface area (Å²) in [5.41, 5.74) is 6.29. The van der Waals surface area contributed by atoms with Crippen molar-refractivity contribution in [2.24, 2.45) is 0 Å². The highest BCUT2D eigenvalue weighted by Gasteiger charge is 2.21. The van der Waals surface area contributed by atoms with Gasteiger partial charge in [0.1, 0.15) is 0 Å². The summed E-state index contributed by atoms with van der Waals surface area (Å²) in [6.45, 7) is 1.76. The average Bonchev–Trinajstić information content (AvgIpc) is 2.54. The number of nitrogen functional groups attached to an aromatic ring is 1. The van der Waals surface area contributed by atoms with Crippen LogP contribution in [0.15, 0.2) is 36.7 Å². The van der Waals surface area contributed by atoms with E-state index in [-0.39, 0.29) is 11.5 Å². The number of rotatable bonds is 5. The molecule has 1 aromatic heterocycles. The van der Waals surface area contributed by atoms with Crippen molar-refractivity contribution in [3.05, 3.63) is 52.9 Å². The minimum Gasteiger partial charge on any atom is -0.448 e. The molecule has 7 nitrogen and oxygen atoms in total. The van der Waals surface area contributed by atoms with E-state index in [1.807, 2.05) is 0 Å². The van der Waals surface area contributed by atoms with Crippen LogP contribution < -0.4 is 11.1 Å². The fourth-order valence-corrected chi connectivity index (χ4v) is 1.84. The number of nitrogens with two attached hydrogens (primary N) is 1. The average molecular weight is 335 g/mol. The third-order valence-corrected chi connectivity index (χ3v) is 3.20. The third kappa shape index (κ3) is 4.65. The normalized spacial score (nSPS) is 11.6. The van der Waals surface area contributed by atoms with Gasteiger partial charge in [-0.1, -0.05) is 23.7 Å². The van der Waals surface area contributed by atoms with Gasteiger partial charge < -0.3 is 15.8 Å². The highest BCUT2D eigenvalue weighted by atomic mass is 35.5. The molecule has 0 spiro atoms. The summed E-state index contributed by atoms with van der Waals surface area (Å²) in [5, 5.41) is 3.28. The van der Waals surface area contributed by atoms with E-state index in [0.717, 1.165) is 5.56 Å². The Balaban J connectivity index is 1.88. The summed E-state index contributed by atoms with van der Waals surface area (Å²) in [5.74, 6) is -1.29. The molecular formula is C15H15ClN4O3. The number of hydrogen-bond donors (Lipinski definition) is 2. The topological polar surface area (TPSA) is 107 Å². The summed E-state index contributed by atoms with van der Waals surface area (Å²) in [6.07, 6.45) is 1.68. The lowest BCUT2D eigenvalue weighted by Gasteiger charge is -2.13. The summed E-state index contributed by atoms with van der Waals surface area (Å²) in [7, 11) is 0. The maximum Gasteiger partial charge on any atom is 0.361 e. The van der Waals surface area contributed by atoms with Gasteiger partial charge in [0.15, 0.2) is 17.6 Å². The highest BCUT2D eigenvalue weighted by Crippen LogP contribution is 2.10. The second-order valence-electron chi connectivity index (χ2n) is 4.68. The van der Waals surface area contributed by atoms with Crippen molar-refractivity contribution in [2.75, 3.05) is 5.73 Å². The van der Waals surface area contributed by atoms with Crippen molar-refractivity contribution in [2.45, 2.75) is 19.6 Å². The Kier molecular flexibility index (Phi) is 5.48. The Morgan fingerprint density at radius 2 is 1.91 bits per heavy atom. The van der Waals surface area contributed by atoms with Gasteiger partial charge in [-0.3, -0.25) is 4.79 Å². The Hall–Kier alpha value is -2.67. The van der Waals surface area contributed by atoms with E-state index in [4.69, 9.17) is 22.1 Å². The van der Waals surface area contributed by atoms with Crippen molar-refractivity contribution in [3.8, 4) is 0 Å². The smallest absolute Gasteiger partial charge is 0.361 e. The van der Waals surface area contributed by atoms with Crippen molar-refractivity contribution >= 4 is 29.3 Å². The minimum absolute atomic E-state index is 0.0497. The largest absolute Gasteiger partial charge is 0.448 e. The molecule has 120 valence electrons. The molecule has 0 radical (unpaired) electrons. The van der Waals surface area contributed by atoms with Crippen LogP contribution in [0.4, 0.5) is 5.82 Å². The van der Waals surface area contributed by atoms with Crippen molar-refractivity contribution in [3.63, 3.8) is 0 Å². The molecule has 1 amide bonds. The van der Waals surface area contributed by atoms with Crippen molar-refractivity contribution in [1.82, 2.24) is 15.3 Å². The van der Waals surface area contributed by atoms with E-state index in [9.17, 15) is 9.59 Å². The first-order valence-electron chi connectivity index (χ1n) is 6.77. The van der Waals surface area contributed by atoms with Gasteiger partial charge in [-0.05, 0) is 24.6 Å². The van der Waals surface area contributed by atoms with Gasteiger partial charge in [-0.2, -0.15) is 0 Å². The molecule has 8 heteroatoms. The highest BCUT2D eigenvalue weighted by molar-refractivity contribution is 6.30. The lowest BCUT2D eigenvalue weighted by Crippen LogP contribution is -2.35. The molecule has 0 aliphatic rings. The SMILES string of the molecule is CC(OC(=O)c1nccnc1N)C(=O)NCc1ccc(Cl)cc1. The van der Waals surface area contributed by atoms with Crippen LogP contribution in [0.2, 0.25) is 5.02 Å². The van der Waals surface area contributed by atoms with Crippen LogP contribution in [-0.2, 0) is 16.1 Å². The van der Waals surface area contributed by atoms with Gasteiger partial charge in [0, 0.05) is 24.0 Å². The number of hydrogen-bond acceptors (Lipinski definition) is 6. The molecule has 1 unspecified atom stereocenters. The molecule has 1 atom stereocenters. The van der Waals surface area contributed by atoms with E-state index >= 15 is 0 Å². The van der Waals surface area contributed by atoms with Crippen LogP contribution in [0.5, 0.6) is 0 Å². The Morgan fingerprint density at radius 1 is 1.26 bits per heavy atom. The first kappa shape index (κ1) is 16.7. The molecule has 0 saturated heterocycles. The molecule has 0 aliphatic carbocycles. The van der Waals surface area contributed by atoms with Gasteiger partial charge in [0.05, 0.1) is 0 Å². The zero-order valence-electron chi connectivity index (χ0n) is 12.3. The number of esters is 1. The third-order valence-electron chi connectivity index (χ3n) is 2.95. The zero-order chi connectivity index (χ0) is 16.8. The van der Waals surface area contributed by atoms with Crippen LogP contribution in [0.25, 0.3) is 0 Å². The molecule has 1 heterocycles. The predicted molar refractivity (Wildman–Crippen MR) is 84.6 cm³/mol.